The van der Waals surface area contributed by atoms with Gasteiger partial charge in [-0.15, -0.1) is 0 Å². The topological polar surface area (TPSA) is 36.3 Å². The lowest BCUT2D eigenvalue weighted by atomic mass is 9.96. The van der Waals surface area contributed by atoms with Gasteiger partial charge in [0.1, 0.15) is 0 Å². The van der Waals surface area contributed by atoms with E-state index in [1.807, 2.05) is 12.3 Å². The van der Waals surface area contributed by atoms with Crippen LogP contribution in [0.5, 0.6) is 0 Å². The van der Waals surface area contributed by atoms with Gasteiger partial charge in [-0.3, -0.25) is 4.98 Å². The van der Waals surface area contributed by atoms with Gasteiger partial charge in [-0.25, -0.2) is 0 Å². The maximum Gasteiger partial charge on any atom is 0.170 e. The van der Waals surface area contributed by atoms with Gasteiger partial charge < -0.3 is 19.7 Å². The molecule has 6 heteroatoms. The van der Waals surface area contributed by atoms with E-state index < -0.39 is 0 Å². The molecule has 2 aromatic heterocycles. The average Bonchev–Trinajstić information content (AvgIpc) is 3.41. The summed E-state index contributed by atoms with van der Waals surface area (Å²) < 4.78 is 2.59. The van der Waals surface area contributed by atoms with Crippen LogP contribution in [0.1, 0.15) is 72.9 Å². The Labute approximate surface area is 186 Å². The number of nitrogens with zero attached hydrogens (tertiary/aromatic N) is 4. The van der Waals surface area contributed by atoms with Gasteiger partial charge in [-0.05, 0) is 89.7 Å². The molecule has 0 spiro atoms. The molecule has 2 atom stereocenters. The van der Waals surface area contributed by atoms with Gasteiger partial charge in [-0.1, -0.05) is 18.9 Å². The Morgan fingerprint density at radius 2 is 1.97 bits per heavy atom. The van der Waals surface area contributed by atoms with E-state index in [4.69, 9.17) is 12.2 Å². The number of pyridine rings is 1. The molecule has 0 radical (unpaired) electrons. The first kappa shape index (κ1) is 21.3. The number of nitrogens with one attached hydrogen (secondary N) is 1. The Kier molecular flexibility index (Phi) is 6.44. The zero-order chi connectivity index (χ0) is 21.3. The molecule has 0 unspecified atom stereocenters. The van der Waals surface area contributed by atoms with Gasteiger partial charge in [0.05, 0.1) is 17.8 Å². The Balaban J connectivity index is 1.71. The maximum absolute atomic E-state index is 5.83. The quantitative estimate of drug-likeness (QED) is 0.659. The van der Waals surface area contributed by atoms with Gasteiger partial charge in [-0.2, -0.15) is 0 Å². The van der Waals surface area contributed by atoms with E-state index in [0.29, 0.717) is 6.04 Å². The van der Waals surface area contributed by atoms with E-state index in [2.05, 4.69) is 70.8 Å². The molecule has 0 amide bonds. The van der Waals surface area contributed by atoms with E-state index in [-0.39, 0.29) is 12.1 Å². The van der Waals surface area contributed by atoms with Crippen molar-refractivity contribution in [3.63, 3.8) is 0 Å². The summed E-state index contributed by atoms with van der Waals surface area (Å²) in [5.41, 5.74) is 5.23. The third-order valence-corrected chi connectivity index (χ3v) is 7.09. The lowest BCUT2D eigenvalue weighted by Gasteiger charge is -2.29. The Morgan fingerprint density at radius 1 is 1.20 bits per heavy atom. The van der Waals surface area contributed by atoms with E-state index in [9.17, 15) is 0 Å². The predicted octanol–water partition coefficient (Wildman–Crippen LogP) is 4.54. The van der Waals surface area contributed by atoms with Crippen molar-refractivity contribution in [1.82, 2.24) is 24.7 Å². The van der Waals surface area contributed by atoms with Crippen LogP contribution in [0.3, 0.4) is 0 Å². The monoisotopic (exact) mass is 425 g/mol. The van der Waals surface area contributed by atoms with Crippen LogP contribution >= 0.6 is 12.2 Å². The normalized spacial score (nSPS) is 22.3. The Hall–Kier alpha value is -1.92. The van der Waals surface area contributed by atoms with E-state index in [0.717, 1.165) is 30.3 Å². The summed E-state index contributed by atoms with van der Waals surface area (Å²) in [4.78, 5) is 9.33. The standard InChI is InChI=1S/C24H35N5S/c1-17-16-20(18(2)29(17)19-10-5-6-11-19)23-22(21-12-7-8-13-25-21)26-24(30)28(23)15-9-14-27(3)4/h7-8,12-13,16,19,22-23H,5-6,9-11,14-15H2,1-4H3,(H,26,30)/t22-,23+/m1/s1. The minimum atomic E-state index is 0.0792. The summed E-state index contributed by atoms with van der Waals surface area (Å²) >= 11 is 5.83. The summed E-state index contributed by atoms with van der Waals surface area (Å²) in [6.07, 6.45) is 8.26. The molecule has 4 rings (SSSR count). The number of aromatic nitrogens is 2. The van der Waals surface area contributed by atoms with Gasteiger partial charge in [0.2, 0.25) is 0 Å². The van der Waals surface area contributed by atoms with Crippen LogP contribution in [-0.4, -0.2) is 51.6 Å². The molecule has 0 aromatic carbocycles. The molecule has 2 fully saturated rings. The molecular weight excluding hydrogens is 390 g/mol. The second-order valence-electron chi connectivity index (χ2n) is 9.11. The number of thiocarbonyl (C=S) groups is 1. The Morgan fingerprint density at radius 3 is 2.63 bits per heavy atom. The highest BCUT2D eigenvalue weighted by molar-refractivity contribution is 7.80. The fourth-order valence-corrected chi connectivity index (χ4v) is 5.70. The average molecular weight is 426 g/mol. The lowest BCUT2D eigenvalue weighted by molar-refractivity contribution is 0.291. The summed E-state index contributed by atoms with van der Waals surface area (Å²) in [5, 5.41) is 4.45. The molecule has 1 saturated heterocycles. The van der Waals surface area contributed by atoms with Gasteiger partial charge >= 0.3 is 0 Å². The van der Waals surface area contributed by atoms with E-state index in [1.165, 1.54) is 42.6 Å². The largest absolute Gasteiger partial charge is 0.352 e. The molecule has 3 heterocycles. The molecule has 2 aromatic rings. The molecule has 162 valence electrons. The highest BCUT2D eigenvalue weighted by atomic mass is 32.1. The zero-order valence-corrected chi connectivity index (χ0v) is 19.6. The molecule has 0 bridgehead atoms. The van der Waals surface area contributed by atoms with Crippen LogP contribution < -0.4 is 5.32 Å². The van der Waals surface area contributed by atoms with Crippen LogP contribution in [-0.2, 0) is 0 Å². The third kappa shape index (κ3) is 4.12. The van der Waals surface area contributed by atoms with Crippen molar-refractivity contribution in [3.8, 4) is 0 Å². The summed E-state index contributed by atoms with van der Waals surface area (Å²) in [6.45, 7) is 6.57. The van der Waals surface area contributed by atoms with Crippen LogP contribution in [0.4, 0.5) is 0 Å². The number of aryl methyl sites for hydroxylation is 1. The van der Waals surface area contributed by atoms with Gasteiger partial charge in [0.15, 0.2) is 5.11 Å². The van der Waals surface area contributed by atoms with Crippen molar-refractivity contribution in [3.05, 3.63) is 53.1 Å². The highest BCUT2D eigenvalue weighted by Gasteiger charge is 2.41. The molecule has 30 heavy (non-hydrogen) atoms. The van der Waals surface area contributed by atoms with E-state index >= 15 is 0 Å². The molecule has 2 aliphatic rings. The second kappa shape index (κ2) is 9.06. The minimum absolute atomic E-state index is 0.0792. The first-order valence-electron chi connectivity index (χ1n) is 11.3. The van der Waals surface area contributed by atoms with Crippen molar-refractivity contribution >= 4 is 17.3 Å². The van der Waals surface area contributed by atoms with Gasteiger partial charge in [0.25, 0.3) is 0 Å². The molecular formula is C24H35N5S. The number of hydrogen-bond acceptors (Lipinski definition) is 3. The summed E-state index contributed by atoms with van der Waals surface area (Å²) in [7, 11) is 4.26. The molecule has 1 aliphatic heterocycles. The Bertz CT molecular complexity index is 869. The molecule has 1 aliphatic carbocycles. The predicted molar refractivity (Wildman–Crippen MR) is 127 cm³/mol. The fraction of sp³-hybridized carbons (Fsp3) is 0.583. The third-order valence-electron chi connectivity index (χ3n) is 6.73. The molecule has 1 N–H and O–H groups in total. The second-order valence-corrected chi connectivity index (χ2v) is 9.50. The van der Waals surface area contributed by atoms with Crippen LogP contribution in [0.25, 0.3) is 0 Å². The van der Waals surface area contributed by atoms with Crippen LogP contribution in [0, 0.1) is 13.8 Å². The molecule has 5 nitrogen and oxygen atoms in total. The van der Waals surface area contributed by atoms with Crippen molar-refractivity contribution in [2.24, 2.45) is 0 Å². The van der Waals surface area contributed by atoms with Crippen molar-refractivity contribution < 1.29 is 0 Å². The number of hydrogen-bond donors (Lipinski definition) is 1. The summed E-state index contributed by atoms with van der Waals surface area (Å²) in [5.74, 6) is 0. The molecule has 1 saturated carbocycles. The minimum Gasteiger partial charge on any atom is -0.352 e. The first-order chi connectivity index (χ1) is 14.5. The lowest BCUT2D eigenvalue weighted by Crippen LogP contribution is -2.32. The SMILES string of the molecule is Cc1cc([C@H]2[C@@H](c3ccccn3)NC(=S)N2CCCN(C)C)c(C)n1C1CCCC1. The summed E-state index contributed by atoms with van der Waals surface area (Å²) in [6, 6.07) is 9.48. The van der Waals surface area contributed by atoms with Crippen LogP contribution in [0.2, 0.25) is 0 Å². The first-order valence-corrected chi connectivity index (χ1v) is 11.7. The smallest absolute Gasteiger partial charge is 0.170 e. The zero-order valence-electron chi connectivity index (χ0n) is 18.8. The van der Waals surface area contributed by atoms with Crippen molar-refractivity contribution in [2.45, 2.75) is 64.1 Å². The highest BCUT2D eigenvalue weighted by Crippen LogP contribution is 2.42. The number of rotatable bonds is 7. The maximum atomic E-state index is 5.83. The van der Waals surface area contributed by atoms with Gasteiger partial charge in [0, 0.05) is 30.2 Å². The van der Waals surface area contributed by atoms with E-state index in [1.54, 1.807) is 0 Å². The van der Waals surface area contributed by atoms with Crippen molar-refractivity contribution in [2.75, 3.05) is 27.2 Å². The van der Waals surface area contributed by atoms with Crippen molar-refractivity contribution in [1.29, 1.82) is 0 Å². The fourth-order valence-electron chi connectivity index (χ4n) is 5.37. The van der Waals surface area contributed by atoms with Crippen LogP contribution in [0.15, 0.2) is 30.5 Å².